The van der Waals surface area contributed by atoms with E-state index in [0.717, 1.165) is 11.7 Å². The second-order valence-electron chi connectivity index (χ2n) is 6.60. The summed E-state index contributed by atoms with van der Waals surface area (Å²) in [5.74, 6) is -0.503. The van der Waals surface area contributed by atoms with Gasteiger partial charge in [0.1, 0.15) is 21.7 Å². The Morgan fingerprint density at radius 2 is 1.90 bits per heavy atom. The molecule has 1 amide bonds. The topological polar surface area (TPSA) is 83.5 Å². The number of aromatic nitrogens is 2. The van der Waals surface area contributed by atoms with E-state index >= 15 is 0 Å². The minimum absolute atomic E-state index is 0.119. The van der Waals surface area contributed by atoms with Gasteiger partial charge in [-0.15, -0.1) is 0 Å². The van der Waals surface area contributed by atoms with Gasteiger partial charge in [0.2, 0.25) is 15.9 Å². The van der Waals surface area contributed by atoms with Gasteiger partial charge in [-0.1, -0.05) is 12.1 Å². The number of fused-ring (bicyclic) bond motifs is 1. The van der Waals surface area contributed by atoms with Crippen LogP contribution in [-0.2, 0) is 21.2 Å². The number of nitrogens with zero attached hydrogens (tertiary/aromatic N) is 4. The zero-order valence-corrected chi connectivity index (χ0v) is 18.3. The van der Waals surface area contributed by atoms with E-state index < -0.39 is 10.0 Å². The van der Waals surface area contributed by atoms with Crippen molar-refractivity contribution in [2.75, 3.05) is 26.2 Å². The lowest BCUT2D eigenvalue weighted by Gasteiger charge is -2.34. The van der Waals surface area contributed by atoms with Crippen molar-refractivity contribution in [2.45, 2.75) is 11.3 Å². The number of carbonyl (C=O) groups excluding carboxylic acids is 1. The summed E-state index contributed by atoms with van der Waals surface area (Å²) in [4.78, 5) is 14.3. The molecule has 1 aliphatic heterocycles. The molecule has 1 aromatic heterocycles. The van der Waals surface area contributed by atoms with E-state index in [0.29, 0.717) is 34.2 Å². The predicted octanol–water partition coefficient (Wildman–Crippen LogP) is 2.67. The van der Waals surface area contributed by atoms with Gasteiger partial charge in [0.05, 0.1) is 22.6 Å². The molecule has 0 spiro atoms. The van der Waals surface area contributed by atoms with Crippen LogP contribution < -0.4 is 0 Å². The third kappa shape index (κ3) is 4.04. The lowest BCUT2D eigenvalue weighted by atomic mass is 10.1. The van der Waals surface area contributed by atoms with E-state index in [-0.39, 0.29) is 36.1 Å². The zero-order chi connectivity index (χ0) is 20.6. The van der Waals surface area contributed by atoms with E-state index in [1.54, 1.807) is 29.2 Å². The van der Waals surface area contributed by atoms with Crippen molar-refractivity contribution in [3.63, 3.8) is 0 Å². The van der Waals surface area contributed by atoms with Crippen LogP contribution in [-0.4, -0.2) is 58.5 Å². The molecule has 1 saturated heterocycles. The first-order valence-corrected chi connectivity index (χ1v) is 11.8. The molecule has 2 heterocycles. The molecule has 152 valence electrons. The molecule has 0 atom stereocenters. The van der Waals surface area contributed by atoms with Gasteiger partial charge in [-0.05, 0) is 45.8 Å². The summed E-state index contributed by atoms with van der Waals surface area (Å²) >= 11 is 4.09. The van der Waals surface area contributed by atoms with Gasteiger partial charge in [-0.25, -0.2) is 12.8 Å². The van der Waals surface area contributed by atoms with Gasteiger partial charge in [-0.3, -0.25) is 4.79 Å². The second-order valence-corrected chi connectivity index (χ2v) is 9.89. The Morgan fingerprint density at radius 3 is 2.62 bits per heavy atom. The molecule has 29 heavy (non-hydrogen) atoms. The normalized spacial score (nSPS) is 15.7. The Kier molecular flexibility index (Phi) is 5.65. The summed E-state index contributed by atoms with van der Waals surface area (Å²) in [5, 5.41) is 0. The number of hydrogen-bond acceptors (Lipinski definition) is 6. The highest BCUT2D eigenvalue weighted by molar-refractivity contribution is 9.10. The molecule has 0 radical (unpaired) electrons. The first-order chi connectivity index (χ1) is 13.9. The van der Waals surface area contributed by atoms with E-state index in [9.17, 15) is 17.6 Å². The van der Waals surface area contributed by atoms with Gasteiger partial charge in [0.15, 0.2) is 0 Å². The molecule has 0 saturated carbocycles. The van der Waals surface area contributed by atoms with E-state index in [2.05, 4.69) is 24.7 Å². The van der Waals surface area contributed by atoms with Crippen molar-refractivity contribution in [1.29, 1.82) is 0 Å². The summed E-state index contributed by atoms with van der Waals surface area (Å²) < 4.78 is 49.3. The number of benzene rings is 2. The average molecular weight is 499 g/mol. The SMILES string of the molecule is O=C(Cc1ccc(F)c(Br)c1)N1CCN(S(=O)(=O)c2cccc3nsnc23)CC1. The molecule has 0 aliphatic carbocycles. The summed E-state index contributed by atoms with van der Waals surface area (Å²) in [6.45, 7) is 1.00. The number of halogens is 2. The first-order valence-electron chi connectivity index (χ1n) is 8.79. The van der Waals surface area contributed by atoms with Gasteiger partial charge in [0.25, 0.3) is 0 Å². The lowest BCUT2D eigenvalue weighted by Crippen LogP contribution is -2.50. The number of carbonyl (C=O) groups is 1. The fourth-order valence-corrected chi connectivity index (χ4v) is 5.84. The molecule has 0 N–H and O–H groups in total. The molecule has 4 rings (SSSR count). The van der Waals surface area contributed by atoms with Gasteiger partial charge in [0, 0.05) is 26.2 Å². The van der Waals surface area contributed by atoms with Crippen molar-refractivity contribution < 1.29 is 17.6 Å². The fourth-order valence-electron chi connectivity index (χ4n) is 3.24. The molecule has 1 fully saturated rings. The number of amides is 1. The molecule has 2 aromatic carbocycles. The third-order valence-corrected chi connectivity index (χ3v) is 7.88. The van der Waals surface area contributed by atoms with Crippen LogP contribution in [0.2, 0.25) is 0 Å². The lowest BCUT2D eigenvalue weighted by molar-refractivity contribution is -0.131. The highest BCUT2D eigenvalue weighted by atomic mass is 79.9. The van der Waals surface area contributed by atoms with Crippen molar-refractivity contribution in [3.8, 4) is 0 Å². The number of piperazine rings is 1. The molecule has 0 bridgehead atoms. The number of hydrogen-bond donors (Lipinski definition) is 0. The number of sulfonamides is 1. The molecule has 7 nitrogen and oxygen atoms in total. The van der Waals surface area contributed by atoms with Crippen LogP contribution in [0.5, 0.6) is 0 Å². The molecule has 11 heteroatoms. The van der Waals surface area contributed by atoms with Crippen LogP contribution in [0.3, 0.4) is 0 Å². The molecule has 3 aromatic rings. The molecular weight excluding hydrogens is 483 g/mol. The van der Waals surface area contributed by atoms with E-state index in [1.165, 1.54) is 16.4 Å². The summed E-state index contributed by atoms with van der Waals surface area (Å²) in [5.41, 5.74) is 1.62. The van der Waals surface area contributed by atoms with Crippen molar-refractivity contribution in [1.82, 2.24) is 18.0 Å². The summed E-state index contributed by atoms with van der Waals surface area (Å²) in [7, 11) is -3.73. The minimum atomic E-state index is -3.73. The second kappa shape index (κ2) is 8.05. The van der Waals surface area contributed by atoms with Crippen LogP contribution in [0.4, 0.5) is 4.39 Å². The maximum absolute atomic E-state index is 13.3. The highest BCUT2D eigenvalue weighted by Crippen LogP contribution is 2.25. The van der Waals surface area contributed by atoms with Crippen LogP contribution in [0.25, 0.3) is 11.0 Å². The van der Waals surface area contributed by atoms with E-state index in [4.69, 9.17) is 0 Å². The first kappa shape index (κ1) is 20.3. The Bertz CT molecular complexity index is 1180. The maximum atomic E-state index is 13.3. The van der Waals surface area contributed by atoms with Gasteiger partial charge < -0.3 is 4.90 Å². The minimum Gasteiger partial charge on any atom is -0.340 e. The Labute approximate surface area is 179 Å². The quantitative estimate of drug-likeness (QED) is 0.552. The summed E-state index contributed by atoms with van der Waals surface area (Å²) in [6, 6.07) is 9.37. The van der Waals surface area contributed by atoms with Crippen LogP contribution >= 0.6 is 27.7 Å². The molecular formula is C18H16BrFN4O3S2. The predicted molar refractivity (Wildman–Crippen MR) is 111 cm³/mol. The molecule has 1 aliphatic rings. The van der Waals surface area contributed by atoms with Crippen LogP contribution in [0.1, 0.15) is 5.56 Å². The Morgan fingerprint density at radius 1 is 1.14 bits per heavy atom. The van der Waals surface area contributed by atoms with Crippen LogP contribution in [0.15, 0.2) is 45.8 Å². The molecule has 0 unspecified atom stereocenters. The van der Waals surface area contributed by atoms with E-state index in [1.807, 2.05) is 0 Å². The van der Waals surface area contributed by atoms with Gasteiger partial charge in [-0.2, -0.15) is 13.1 Å². The van der Waals surface area contributed by atoms with Crippen molar-refractivity contribution >= 4 is 54.6 Å². The Hall–Kier alpha value is -1.95. The standard InChI is InChI=1S/C18H16BrFN4O3S2/c19-13-10-12(4-5-14(13)20)11-17(25)23-6-8-24(9-7-23)29(26,27)16-3-1-2-15-18(16)22-28-21-15/h1-5,10H,6-9,11H2. The fraction of sp³-hybridized carbons (Fsp3) is 0.278. The largest absolute Gasteiger partial charge is 0.340 e. The monoisotopic (exact) mass is 498 g/mol. The summed E-state index contributed by atoms with van der Waals surface area (Å²) in [6.07, 6.45) is 0.134. The van der Waals surface area contributed by atoms with Crippen LogP contribution in [0, 0.1) is 5.82 Å². The van der Waals surface area contributed by atoms with Gasteiger partial charge >= 0.3 is 0 Å². The smallest absolute Gasteiger partial charge is 0.245 e. The Balaban J connectivity index is 1.44. The maximum Gasteiger partial charge on any atom is 0.245 e. The zero-order valence-electron chi connectivity index (χ0n) is 15.1. The average Bonchev–Trinajstić information content (AvgIpc) is 3.19. The highest BCUT2D eigenvalue weighted by Gasteiger charge is 2.31. The van der Waals surface area contributed by atoms with Crippen molar-refractivity contribution in [2.24, 2.45) is 0 Å². The third-order valence-electron chi connectivity index (χ3n) is 4.80. The number of rotatable bonds is 4. The van der Waals surface area contributed by atoms with Crippen molar-refractivity contribution in [3.05, 3.63) is 52.3 Å².